The Labute approximate surface area is 109 Å². The van der Waals surface area contributed by atoms with Crippen LogP contribution in [0.1, 0.15) is 25.8 Å². The van der Waals surface area contributed by atoms with Gasteiger partial charge in [0.2, 0.25) is 0 Å². The summed E-state index contributed by atoms with van der Waals surface area (Å²) in [5, 5.41) is 9.51. The highest BCUT2D eigenvalue weighted by molar-refractivity contribution is 5.28. The minimum absolute atomic E-state index is 0.148. The third kappa shape index (κ3) is 4.00. The lowest BCUT2D eigenvalue weighted by atomic mass is 10.2. The van der Waals surface area contributed by atoms with Gasteiger partial charge in [-0.05, 0) is 30.0 Å². The molecule has 0 spiro atoms. The molecule has 1 atom stereocenters. The maximum atomic E-state index is 9.51. The minimum Gasteiger partial charge on any atom is -0.493 e. The number of aliphatic hydroxyl groups excluding tert-OH is 1. The quantitative estimate of drug-likeness (QED) is 0.869. The lowest BCUT2D eigenvalue weighted by Crippen LogP contribution is -2.21. The van der Waals surface area contributed by atoms with E-state index < -0.39 is 0 Å². The van der Waals surface area contributed by atoms with Gasteiger partial charge < -0.3 is 9.84 Å². The van der Waals surface area contributed by atoms with Crippen LogP contribution >= 0.6 is 0 Å². The van der Waals surface area contributed by atoms with Crippen molar-refractivity contribution in [3.8, 4) is 5.75 Å². The second-order valence-corrected chi connectivity index (χ2v) is 5.53. The molecule has 0 saturated carbocycles. The van der Waals surface area contributed by atoms with E-state index in [2.05, 4.69) is 30.9 Å². The molecule has 100 valence electrons. The largest absolute Gasteiger partial charge is 0.493 e. The molecule has 1 aliphatic rings. The number of nitrogens with zero attached hydrogens (tertiary/aromatic N) is 1. The van der Waals surface area contributed by atoms with Crippen molar-refractivity contribution in [3.05, 3.63) is 29.8 Å². The van der Waals surface area contributed by atoms with E-state index in [4.69, 9.17) is 4.74 Å². The lowest BCUT2D eigenvalue weighted by molar-refractivity contribution is 0.174. The Bertz CT molecular complexity index is 379. The molecule has 18 heavy (non-hydrogen) atoms. The number of ether oxygens (including phenoxy) is 1. The topological polar surface area (TPSA) is 32.7 Å². The molecule has 0 aromatic heterocycles. The molecule has 1 aromatic rings. The van der Waals surface area contributed by atoms with Crippen LogP contribution in [0.4, 0.5) is 0 Å². The Kier molecular flexibility index (Phi) is 4.61. The first kappa shape index (κ1) is 13.4. The zero-order valence-corrected chi connectivity index (χ0v) is 11.3. The first-order valence-corrected chi connectivity index (χ1v) is 6.75. The van der Waals surface area contributed by atoms with Crippen LogP contribution in [0.25, 0.3) is 0 Å². The Morgan fingerprint density at radius 3 is 2.94 bits per heavy atom. The van der Waals surface area contributed by atoms with Crippen molar-refractivity contribution in [2.75, 3.05) is 19.7 Å². The fourth-order valence-corrected chi connectivity index (χ4v) is 2.21. The third-order valence-electron chi connectivity index (χ3n) is 3.14. The summed E-state index contributed by atoms with van der Waals surface area (Å²) < 4.78 is 5.73. The second kappa shape index (κ2) is 6.21. The molecule has 1 unspecified atom stereocenters. The molecule has 1 fully saturated rings. The van der Waals surface area contributed by atoms with Crippen LogP contribution in [0.5, 0.6) is 5.75 Å². The van der Waals surface area contributed by atoms with Gasteiger partial charge in [0.1, 0.15) is 5.75 Å². The van der Waals surface area contributed by atoms with Gasteiger partial charge in [-0.3, -0.25) is 4.90 Å². The van der Waals surface area contributed by atoms with Crippen LogP contribution in [-0.4, -0.2) is 35.8 Å². The molecule has 0 radical (unpaired) electrons. The van der Waals surface area contributed by atoms with Gasteiger partial charge in [0.15, 0.2) is 0 Å². The van der Waals surface area contributed by atoms with E-state index in [1.165, 1.54) is 5.56 Å². The molecular weight excluding hydrogens is 226 g/mol. The Balaban J connectivity index is 1.90. The van der Waals surface area contributed by atoms with Gasteiger partial charge >= 0.3 is 0 Å². The Hall–Kier alpha value is -1.06. The van der Waals surface area contributed by atoms with Crippen LogP contribution in [-0.2, 0) is 6.54 Å². The summed E-state index contributed by atoms with van der Waals surface area (Å²) in [7, 11) is 0. The predicted octanol–water partition coefficient (Wildman–Crippen LogP) is 2.29. The third-order valence-corrected chi connectivity index (χ3v) is 3.14. The molecule has 0 amide bonds. The van der Waals surface area contributed by atoms with E-state index in [0.29, 0.717) is 5.92 Å². The standard InChI is InChI=1S/C15H23NO2/c1-12(2)11-18-15-5-3-4-13(8-15)9-16-7-6-14(17)10-16/h3-5,8,12,14,17H,6-7,9-11H2,1-2H3. The van der Waals surface area contributed by atoms with Gasteiger partial charge in [0.05, 0.1) is 12.7 Å². The summed E-state index contributed by atoms with van der Waals surface area (Å²) in [5.41, 5.74) is 1.25. The number of aliphatic hydroxyl groups is 1. The molecule has 1 saturated heterocycles. The summed E-state index contributed by atoms with van der Waals surface area (Å²) in [4.78, 5) is 2.28. The summed E-state index contributed by atoms with van der Waals surface area (Å²) in [6.07, 6.45) is 0.745. The fraction of sp³-hybridized carbons (Fsp3) is 0.600. The van der Waals surface area contributed by atoms with Gasteiger partial charge in [-0.25, -0.2) is 0 Å². The van der Waals surface area contributed by atoms with E-state index >= 15 is 0 Å². The zero-order chi connectivity index (χ0) is 13.0. The Morgan fingerprint density at radius 1 is 1.44 bits per heavy atom. The van der Waals surface area contributed by atoms with Crippen molar-refractivity contribution in [3.63, 3.8) is 0 Å². The average Bonchev–Trinajstić information content (AvgIpc) is 2.73. The summed E-state index contributed by atoms with van der Waals surface area (Å²) in [6, 6.07) is 8.27. The SMILES string of the molecule is CC(C)COc1cccc(CN2CCC(O)C2)c1. The Morgan fingerprint density at radius 2 is 2.28 bits per heavy atom. The number of hydrogen-bond donors (Lipinski definition) is 1. The molecule has 1 aliphatic heterocycles. The number of likely N-dealkylation sites (tertiary alicyclic amines) is 1. The molecule has 1 aromatic carbocycles. The highest BCUT2D eigenvalue weighted by Gasteiger charge is 2.19. The molecule has 1 N–H and O–H groups in total. The molecule has 3 heteroatoms. The first-order chi connectivity index (χ1) is 8.63. The monoisotopic (exact) mass is 249 g/mol. The number of benzene rings is 1. The molecular formula is C15H23NO2. The van der Waals surface area contributed by atoms with Crippen molar-refractivity contribution in [1.82, 2.24) is 4.90 Å². The van der Waals surface area contributed by atoms with Crippen molar-refractivity contribution in [2.45, 2.75) is 32.9 Å². The van der Waals surface area contributed by atoms with Crippen LogP contribution in [0.3, 0.4) is 0 Å². The highest BCUT2D eigenvalue weighted by Crippen LogP contribution is 2.18. The molecule has 3 nitrogen and oxygen atoms in total. The number of hydrogen-bond acceptors (Lipinski definition) is 3. The van der Waals surface area contributed by atoms with Crippen LogP contribution in [0, 0.1) is 5.92 Å². The van der Waals surface area contributed by atoms with Gasteiger partial charge in [-0.1, -0.05) is 26.0 Å². The number of β-amino-alcohol motifs (C(OH)–C–C–N with tert-alkyl or cyclic N) is 1. The van der Waals surface area contributed by atoms with E-state index in [1.54, 1.807) is 0 Å². The predicted molar refractivity (Wildman–Crippen MR) is 72.7 cm³/mol. The number of rotatable bonds is 5. The van der Waals surface area contributed by atoms with Gasteiger partial charge in [-0.15, -0.1) is 0 Å². The van der Waals surface area contributed by atoms with Crippen molar-refractivity contribution >= 4 is 0 Å². The van der Waals surface area contributed by atoms with E-state index in [1.807, 2.05) is 12.1 Å². The minimum atomic E-state index is -0.148. The second-order valence-electron chi connectivity index (χ2n) is 5.53. The summed E-state index contributed by atoms with van der Waals surface area (Å²) in [6.45, 7) is 7.72. The molecule has 1 heterocycles. The maximum absolute atomic E-state index is 9.51. The van der Waals surface area contributed by atoms with E-state index in [-0.39, 0.29) is 6.10 Å². The van der Waals surface area contributed by atoms with Crippen molar-refractivity contribution in [1.29, 1.82) is 0 Å². The van der Waals surface area contributed by atoms with Crippen molar-refractivity contribution in [2.24, 2.45) is 5.92 Å². The summed E-state index contributed by atoms with van der Waals surface area (Å²) >= 11 is 0. The first-order valence-electron chi connectivity index (χ1n) is 6.75. The lowest BCUT2D eigenvalue weighted by Gasteiger charge is -2.16. The summed E-state index contributed by atoms with van der Waals surface area (Å²) in [5.74, 6) is 1.49. The van der Waals surface area contributed by atoms with Crippen LogP contribution in [0.15, 0.2) is 24.3 Å². The van der Waals surface area contributed by atoms with Crippen LogP contribution in [0.2, 0.25) is 0 Å². The highest BCUT2D eigenvalue weighted by atomic mass is 16.5. The van der Waals surface area contributed by atoms with Gasteiger partial charge in [-0.2, -0.15) is 0 Å². The van der Waals surface area contributed by atoms with E-state index in [9.17, 15) is 5.11 Å². The van der Waals surface area contributed by atoms with Gasteiger partial charge in [0, 0.05) is 19.6 Å². The molecule has 2 rings (SSSR count). The van der Waals surface area contributed by atoms with E-state index in [0.717, 1.165) is 38.4 Å². The molecule has 0 aliphatic carbocycles. The zero-order valence-electron chi connectivity index (χ0n) is 11.3. The maximum Gasteiger partial charge on any atom is 0.119 e. The average molecular weight is 249 g/mol. The van der Waals surface area contributed by atoms with Crippen molar-refractivity contribution < 1.29 is 9.84 Å². The fourth-order valence-electron chi connectivity index (χ4n) is 2.21. The normalized spacial score (nSPS) is 20.6. The van der Waals surface area contributed by atoms with Crippen LogP contribution < -0.4 is 4.74 Å². The van der Waals surface area contributed by atoms with Gasteiger partial charge in [0.25, 0.3) is 0 Å². The smallest absolute Gasteiger partial charge is 0.119 e. The molecule has 0 bridgehead atoms.